The molecule has 0 spiro atoms. The minimum Gasteiger partial charge on any atom is -0.394 e. The van der Waals surface area contributed by atoms with Crippen LogP contribution in [0.15, 0.2) is 15.5 Å². The smallest absolute Gasteiger partial charge is 0.283 e. The number of aliphatic hydroxyl groups excluding tert-OH is 1. The zero-order valence-electron chi connectivity index (χ0n) is 10.9. The molecule has 1 fully saturated rings. The van der Waals surface area contributed by atoms with Gasteiger partial charge in [0, 0.05) is 13.2 Å². The highest BCUT2D eigenvalue weighted by Gasteiger charge is 2.29. The molecule has 1 aromatic rings. The number of aliphatic hydroxyl groups is 1. The third kappa shape index (κ3) is 3.34. The number of aromatic nitrogens is 2. The molecule has 0 aromatic carbocycles. The van der Waals surface area contributed by atoms with Gasteiger partial charge in [-0.05, 0) is 35.7 Å². The van der Waals surface area contributed by atoms with Crippen LogP contribution in [0.25, 0.3) is 0 Å². The van der Waals surface area contributed by atoms with Crippen molar-refractivity contribution >= 4 is 21.6 Å². The van der Waals surface area contributed by atoms with Crippen LogP contribution in [0.3, 0.4) is 0 Å². The largest absolute Gasteiger partial charge is 0.394 e. The van der Waals surface area contributed by atoms with Gasteiger partial charge in [-0.1, -0.05) is 0 Å². The molecule has 2 N–H and O–H groups in total. The van der Waals surface area contributed by atoms with E-state index in [1.165, 1.54) is 4.68 Å². The maximum atomic E-state index is 11.9. The number of ether oxygens (including phenoxy) is 1. The van der Waals surface area contributed by atoms with Crippen LogP contribution in [-0.2, 0) is 11.3 Å². The van der Waals surface area contributed by atoms with Crippen molar-refractivity contribution in [2.45, 2.75) is 31.9 Å². The van der Waals surface area contributed by atoms with E-state index in [2.05, 4.69) is 33.3 Å². The highest BCUT2D eigenvalue weighted by Crippen LogP contribution is 2.26. The Kier molecular flexibility index (Phi) is 4.59. The summed E-state index contributed by atoms with van der Waals surface area (Å²) < 4.78 is 7.33. The van der Waals surface area contributed by atoms with Gasteiger partial charge in [-0.3, -0.25) is 4.79 Å². The van der Waals surface area contributed by atoms with Gasteiger partial charge in [0.2, 0.25) is 0 Å². The first-order chi connectivity index (χ1) is 9.06. The predicted molar refractivity (Wildman–Crippen MR) is 75.4 cm³/mol. The Morgan fingerprint density at radius 3 is 3.11 bits per heavy atom. The monoisotopic (exact) mass is 331 g/mol. The minimum absolute atomic E-state index is 0.113. The van der Waals surface area contributed by atoms with Gasteiger partial charge in [0.15, 0.2) is 0 Å². The molecule has 0 aliphatic carbocycles. The van der Waals surface area contributed by atoms with Crippen molar-refractivity contribution in [3.05, 3.63) is 21.0 Å². The highest BCUT2D eigenvalue weighted by molar-refractivity contribution is 9.10. The average Bonchev–Trinajstić information content (AvgIpc) is 2.82. The summed E-state index contributed by atoms with van der Waals surface area (Å²) in [7, 11) is 0. The molecule has 106 valence electrons. The Hall–Kier alpha value is -0.920. The van der Waals surface area contributed by atoms with E-state index in [0.29, 0.717) is 16.7 Å². The van der Waals surface area contributed by atoms with Crippen molar-refractivity contribution in [1.82, 2.24) is 9.78 Å². The molecule has 2 rings (SSSR count). The van der Waals surface area contributed by atoms with Crippen molar-refractivity contribution in [3.63, 3.8) is 0 Å². The summed E-state index contributed by atoms with van der Waals surface area (Å²) >= 11 is 3.27. The van der Waals surface area contributed by atoms with Gasteiger partial charge >= 0.3 is 0 Å². The van der Waals surface area contributed by atoms with Crippen LogP contribution in [0.5, 0.6) is 0 Å². The molecule has 0 saturated carbocycles. The van der Waals surface area contributed by atoms with E-state index in [4.69, 9.17) is 9.84 Å². The third-order valence-electron chi connectivity index (χ3n) is 3.25. The summed E-state index contributed by atoms with van der Waals surface area (Å²) in [5.41, 5.74) is 0.215. The van der Waals surface area contributed by atoms with E-state index in [9.17, 15) is 4.79 Å². The van der Waals surface area contributed by atoms with E-state index >= 15 is 0 Å². The summed E-state index contributed by atoms with van der Waals surface area (Å²) in [6.07, 6.45) is 3.65. The molecule has 2 heterocycles. The van der Waals surface area contributed by atoms with E-state index in [1.54, 1.807) is 6.20 Å². The van der Waals surface area contributed by atoms with Crippen LogP contribution in [0.4, 0.5) is 5.69 Å². The second-order valence-electron chi connectivity index (χ2n) is 4.88. The molecule has 1 aromatic heterocycles. The van der Waals surface area contributed by atoms with Crippen molar-refractivity contribution in [1.29, 1.82) is 0 Å². The number of hydrogen-bond donors (Lipinski definition) is 2. The Morgan fingerprint density at radius 1 is 1.68 bits per heavy atom. The standard InChI is InChI=1S/C12H18BrN3O3/c1-12(3-2-6-19-12)8-14-9-7-15-16(4-5-17)11(18)10(9)13/h7,14,17H,2-6,8H2,1H3. The number of nitrogens with zero attached hydrogens (tertiary/aromatic N) is 2. The first kappa shape index (κ1) is 14.5. The lowest BCUT2D eigenvalue weighted by molar-refractivity contribution is 0.0315. The Labute approximate surface area is 119 Å². The van der Waals surface area contributed by atoms with Gasteiger partial charge in [0.1, 0.15) is 4.47 Å². The fourth-order valence-corrected chi connectivity index (χ4v) is 2.55. The van der Waals surface area contributed by atoms with Crippen LogP contribution in [0.1, 0.15) is 19.8 Å². The predicted octanol–water partition coefficient (Wildman–Crippen LogP) is 0.979. The summed E-state index contributed by atoms with van der Waals surface area (Å²) in [4.78, 5) is 11.9. The zero-order chi connectivity index (χ0) is 13.9. The zero-order valence-corrected chi connectivity index (χ0v) is 12.4. The van der Waals surface area contributed by atoms with Gasteiger partial charge in [-0.25, -0.2) is 4.68 Å². The summed E-state index contributed by atoms with van der Waals surface area (Å²) in [6.45, 7) is 3.56. The number of hydrogen-bond acceptors (Lipinski definition) is 5. The molecule has 0 bridgehead atoms. The van der Waals surface area contributed by atoms with Crippen LogP contribution in [-0.4, -0.2) is 40.2 Å². The first-order valence-electron chi connectivity index (χ1n) is 6.30. The number of anilines is 1. The highest BCUT2D eigenvalue weighted by atomic mass is 79.9. The van der Waals surface area contributed by atoms with Gasteiger partial charge in [0.25, 0.3) is 5.56 Å². The summed E-state index contributed by atoms with van der Waals surface area (Å²) in [6, 6.07) is 0. The molecule has 19 heavy (non-hydrogen) atoms. The number of rotatable bonds is 5. The molecular weight excluding hydrogens is 314 g/mol. The van der Waals surface area contributed by atoms with Crippen LogP contribution in [0.2, 0.25) is 0 Å². The van der Waals surface area contributed by atoms with Crippen LogP contribution >= 0.6 is 15.9 Å². The second-order valence-corrected chi connectivity index (χ2v) is 5.67. The lowest BCUT2D eigenvalue weighted by Gasteiger charge is -2.24. The lowest BCUT2D eigenvalue weighted by atomic mass is 10.0. The van der Waals surface area contributed by atoms with Crippen molar-refractivity contribution in [2.75, 3.05) is 25.1 Å². The lowest BCUT2D eigenvalue weighted by Crippen LogP contribution is -2.33. The quantitative estimate of drug-likeness (QED) is 0.841. The molecule has 7 heteroatoms. The van der Waals surface area contributed by atoms with Crippen molar-refractivity contribution in [2.24, 2.45) is 0 Å². The molecule has 1 saturated heterocycles. The molecule has 0 radical (unpaired) electrons. The van der Waals surface area contributed by atoms with Gasteiger partial charge in [0.05, 0.1) is 30.6 Å². The Bertz CT molecular complexity index is 497. The van der Waals surface area contributed by atoms with Gasteiger partial charge < -0.3 is 15.2 Å². The van der Waals surface area contributed by atoms with Gasteiger partial charge in [-0.15, -0.1) is 0 Å². The summed E-state index contributed by atoms with van der Waals surface area (Å²) in [5.74, 6) is 0. The molecule has 1 unspecified atom stereocenters. The van der Waals surface area contributed by atoms with Gasteiger partial charge in [-0.2, -0.15) is 5.10 Å². The Morgan fingerprint density at radius 2 is 2.47 bits per heavy atom. The second kappa shape index (κ2) is 6.02. The molecule has 6 nitrogen and oxygen atoms in total. The molecule has 0 amide bonds. The Balaban J connectivity index is 2.09. The molecule has 1 aliphatic rings. The average molecular weight is 332 g/mol. The third-order valence-corrected chi connectivity index (χ3v) is 4.02. The molecule has 1 aliphatic heterocycles. The van der Waals surface area contributed by atoms with E-state index < -0.39 is 0 Å². The van der Waals surface area contributed by atoms with E-state index in [-0.39, 0.29) is 24.3 Å². The van der Waals surface area contributed by atoms with Crippen LogP contribution < -0.4 is 10.9 Å². The van der Waals surface area contributed by atoms with Crippen molar-refractivity contribution < 1.29 is 9.84 Å². The molecule has 1 atom stereocenters. The molecular formula is C12H18BrN3O3. The van der Waals surface area contributed by atoms with Crippen LogP contribution in [0, 0.1) is 0 Å². The topological polar surface area (TPSA) is 76.4 Å². The first-order valence-corrected chi connectivity index (χ1v) is 7.09. The normalized spacial score (nSPS) is 22.7. The SMILES string of the molecule is CC1(CNc2cnn(CCO)c(=O)c2Br)CCCO1. The van der Waals surface area contributed by atoms with Crippen molar-refractivity contribution in [3.8, 4) is 0 Å². The maximum Gasteiger partial charge on any atom is 0.283 e. The van der Waals surface area contributed by atoms with E-state index in [1.807, 2.05) is 0 Å². The van der Waals surface area contributed by atoms with E-state index in [0.717, 1.165) is 19.4 Å². The minimum atomic E-state index is -0.253. The number of nitrogens with one attached hydrogen (secondary N) is 1. The number of halogens is 1. The summed E-state index contributed by atoms with van der Waals surface area (Å²) in [5, 5.41) is 16.0. The maximum absolute atomic E-state index is 11.9. The fraction of sp³-hybridized carbons (Fsp3) is 0.667. The fourth-order valence-electron chi connectivity index (χ4n) is 2.10.